The van der Waals surface area contributed by atoms with Crippen LogP contribution in [0.2, 0.25) is 0 Å². The molecule has 5 heteroatoms. The van der Waals surface area contributed by atoms with E-state index in [1.54, 1.807) is 18.0 Å². The van der Waals surface area contributed by atoms with Crippen LogP contribution >= 0.6 is 24.0 Å². The predicted molar refractivity (Wildman–Crippen MR) is 52.5 cm³/mol. The van der Waals surface area contributed by atoms with Crippen molar-refractivity contribution in [3.05, 3.63) is 24.2 Å². The van der Waals surface area contributed by atoms with Crippen molar-refractivity contribution in [2.75, 3.05) is 7.05 Å². The zero-order valence-corrected chi connectivity index (χ0v) is 8.11. The lowest BCUT2D eigenvalue weighted by Gasteiger charge is -2.09. The van der Waals surface area contributed by atoms with Gasteiger partial charge in [-0.25, -0.2) is 5.43 Å². The molecule has 0 aromatic carbocycles. The Bertz CT molecular complexity index is 286. The first kappa shape index (κ1) is 8.10. The molecule has 64 valence electrons. The Balaban J connectivity index is 2.14. The monoisotopic (exact) mass is 200 g/mol. The van der Waals surface area contributed by atoms with Crippen LogP contribution in [0.4, 0.5) is 0 Å². The summed E-state index contributed by atoms with van der Waals surface area (Å²) in [6.45, 7) is 0. The van der Waals surface area contributed by atoms with Crippen molar-refractivity contribution in [1.82, 2.24) is 10.4 Å². The summed E-state index contributed by atoms with van der Waals surface area (Å²) in [6.07, 6.45) is 1.67. The molecule has 0 aliphatic carbocycles. The maximum absolute atomic E-state index is 5.24. The summed E-state index contributed by atoms with van der Waals surface area (Å²) >= 11 is 6.66. The van der Waals surface area contributed by atoms with Gasteiger partial charge in [0.1, 0.15) is 11.1 Å². The lowest BCUT2D eigenvalue weighted by atomic mass is 10.4. The van der Waals surface area contributed by atoms with Gasteiger partial charge in [-0.1, -0.05) is 24.0 Å². The minimum atomic E-state index is 0.137. The van der Waals surface area contributed by atoms with Gasteiger partial charge in [0, 0.05) is 7.05 Å². The minimum Gasteiger partial charge on any atom is -0.467 e. The van der Waals surface area contributed by atoms with E-state index >= 15 is 0 Å². The summed E-state index contributed by atoms with van der Waals surface area (Å²) in [6, 6.07) is 3.81. The average Bonchev–Trinajstić information content (AvgIpc) is 2.61. The zero-order chi connectivity index (χ0) is 8.55. The Hall–Kier alpha value is -0.520. The number of furan rings is 1. The van der Waals surface area contributed by atoms with Crippen LogP contribution in [0, 0.1) is 0 Å². The number of rotatable bonds is 1. The molecule has 1 fully saturated rings. The fourth-order valence-corrected chi connectivity index (χ4v) is 2.21. The SMILES string of the molecule is CN1NC(c2ccco2)SC1=S. The van der Waals surface area contributed by atoms with Crippen LogP contribution in [-0.2, 0) is 0 Å². The maximum atomic E-state index is 5.24. The van der Waals surface area contributed by atoms with Crippen molar-refractivity contribution in [2.45, 2.75) is 5.37 Å². The van der Waals surface area contributed by atoms with E-state index in [2.05, 4.69) is 5.43 Å². The molecular formula is C7H8N2OS2. The molecule has 0 bridgehead atoms. The number of hydrogen-bond donors (Lipinski definition) is 1. The average molecular weight is 200 g/mol. The first-order chi connectivity index (χ1) is 5.77. The number of nitrogens with zero attached hydrogens (tertiary/aromatic N) is 1. The highest BCUT2D eigenvalue weighted by atomic mass is 32.2. The number of nitrogens with one attached hydrogen (secondary N) is 1. The Morgan fingerprint density at radius 3 is 3.08 bits per heavy atom. The quantitative estimate of drug-likeness (QED) is 0.697. The summed E-state index contributed by atoms with van der Waals surface area (Å²) in [5.41, 5.74) is 3.17. The standard InChI is InChI=1S/C7H8N2OS2/c1-9-7(11)12-6(8-9)5-3-2-4-10-5/h2-4,6,8H,1H3. The second-order valence-electron chi connectivity index (χ2n) is 2.47. The fourth-order valence-electron chi connectivity index (χ4n) is 0.997. The van der Waals surface area contributed by atoms with Crippen molar-refractivity contribution < 1.29 is 4.42 Å². The lowest BCUT2D eigenvalue weighted by Crippen LogP contribution is -2.29. The molecule has 0 saturated carbocycles. The summed E-state index contributed by atoms with van der Waals surface area (Å²) < 4.78 is 6.09. The number of thiocarbonyl (C=S) groups is 1. The molecule has 1 aromatic heterocycles. The van der Waals surface area contributed by atoms with E-state index < -0.39 is 0 Å². The van der Waals surface area contributed by atoms with Crippen LogP contribution in [-0.4, -0.2) is 16.4 Å². The highest BCUT2D eigenvalue weighted by Gasteiger charge is 2.27. The van der Waals surface area contributed by atoms with Crippen LogP contribution in [0.3, 0.4) is 0 Å². The van der Waals surface area contributed by atoms with Gasteiger partial charge in [-0.3, -0.25) is 5.01 Å². The highest BCUT2D eigenvalue weighted by Crippen LogP contribution is 2.33. The van der Waals surface area contributed by atoms with Crippen LogP contribution in [0.25, 0.3) is 0 Å². The van der Waals surface area contributed by atoms with Gasteiger partial charge >= 0.3 is 0 Å². The van der Waals surface area contributed by atoms with E-state index in [1.165, 1.54) is 0 Å². The van der Waals surface area contributed by atoms with Gasteiger partial charge in [-0.15, -0.1) is 0 Å². The molecule has 1 unspecified atom stereocenters. The number of hydrogen-bond acceptors (Lipinski definition) is 4. The molecule has 3 nitrogen and oxygen atoms in total. The maximum Gasteiger partial charge on any atom is 0.152 e. The molecule has 0 spiro atoms. The minimum absolute atomic E-state index is 0.137. The lowest BCUT2D eigenvalue weighted by molar-refractivity contribution is 0.354. The molecule has 2 heterocycles. The van der Waals surface area contributed by atoms with E-state index in [-0.39, 0.29) is 5.37 Å². The Labute approximate surface area is 80.1 Å². The van der Waals surface area contributed by atoms with Gasteiger partial charge in [0.2, 0.25) is 0 Å². The largest absolute Gasteiger partial charge is 0.467 e. The van der Waals surface area contributed by atoms with E-state index in [1.807, 2.05) is 24.2 Å². The van der Waals surface area contributed by atoms with Crippen molar-refractivity contribution in [2.24, 2.45) is 0 Å². The molecule has 0 amide bonds. The highest BCUT2D eigenvalue weighted by molar-refractivity contribution is 8.23. The number of hydrazine groups is 1. The molecule has 1 saturated heterocycles. The Morgan fingerprint density at radius 1 is 1.75 bits per heavy atom. The second-order valence-corrected chi connectivity index (χ2v) is 4.21. The van der Waals surface area contributed by atoms with Crippen molar-refractivity contribution in [1.29, 1.82) is 0 Å². The van der Waals surface area contributed by atoms with Crippen molar-refractivity contribution in [3.63, 3.8) is 0 Å². The molecule has 2 rings (SSSR count). The van der Waals surface area contributed by atoms with Crippen molar-refractivity contribution in [3.8, 4) is 0 Å². The van der Waals surface area contributed by atoms with Crippen LogP contribution < -0.4 is 5.43 Å². The molecule has 1 aromatic rings. The van der Waals surface area contributed by atoms with E-state index in [0.717, 1.165) is 10.1 Å². The van der Waals surface area contributed by atoms with Crippen molar-refractivity contribution >= 4 is 28.3 Å². The summed E-state index contributed by atoms with van der Waals surface area (Å²) in [4.78, 5) is 0. The molecule has 1 N–H and O–H groups in total. The zero-order valence-electron chi connectivity index (χ0n) is 6.48. The molecule has 0 radical (unpaired) electrons. The summed E-state index contributed by atoms with van der Waals surface area (Å²) in [5.74, 6) is 0.909. The van der Waals surface area contributed by atoms with Crippen LogP contribution in [0.15, 0.2) is 22.8 Å². The normalized spacial score (nSPS) is 23.6. The Kier molecular flexibility index (Phi) is 2.08. The van der Waals surface area contributed by atoms with Crippen LogP contribution in [0.1, 0.15) is 11.1 Å². The van der Waals surface area contributed by atoms with E-state index in [0.29, 0.717) is 0 Å². The summed E-state index contributed by atoms with van der Waals surface area (Å²) in [5, 5.41) is 1.96. The fraction of sp³-hybridized carbons (Fsp3) is 0.286. The first-order valence-electron chi connectivity index (χ1n) is 3.51. The Morgan fingerprint density at radius 2 is 2.58 bits per heavy atom. The second kappa shape index (κ2) is 3.08. The number of thioether (sulfide) groups is 1. The van der Waals surface area contributed by atoms with Gasteiger partial charge in [0.25, 0.3) is 0 Å². The topological polar surface area (TPSA) is 28.4 Å². The molecule has 1 atom stereocenters. The molecular weight excluding hydrogens is 192 g/mol. The van der Waals surface area contributed by atoms with Gasteiger partial charge in [-0.2, -0.15) is 0 Å². The molecule has 1 aliphatic rings. The predicted octanol–water partition coefficient (Wildman–Crippen LogP) is 1.75. The first-order valence-corrected chi connectivity index (χ1v) is 4.80. The van der Waals surface area contributed by atoms with Gasteiger partial charge in [0.15, 0.2) is 4.32 Å². The third-order valence-electron chi connectivity index (χ3n) is 1.61. The third kappa shape index (κ3) is 1.35. The van der Waals surface area contributed by atoms with Gasteiger partial charge in [0.05, 0.1) is 6.26 Å². The molecule has 12 heavy (non-hydrogen) atoms. The van der Waals surface area contributed by atoms with E-state index in [9.17, 15) is 0 Å². The van der Waals surface area contributed by atoms with Crippen LogP contribution in [0.5, 0.6) is 0 Å². The third-order valence-corrected chi connectivity index (χ3v) is 3.22. The molecule has 1 aliphatic heterocycles. The summed E-state index contributed by atoms with van der Waals surface area (Å²) in [7, 11) is 1.90. The van der Waals surface area contributed by atoms with Gasteiger partial charge in [-0.05, 0) is 12.1 Å². The smallest absolute Gasteiger partial charge is 0.152 e. The van der Waals surface area contributed by atoms with Gasteiger partial charge < -0.3 is 4.42 Å². The van der Waals surface area contributed by atoms with E-state index in [4.69, 9.17) is 16.6 Å².